The molecule has 3 nitrogen and oxygen atoms in total. The van der Waals surface area contributed by atoms with E-state index >= 15 is 0 Å². The molecule has 0 bridgehead atoms. The molecule has 27 heavy (non-hydrogen) atoms. The number of aromatic hydroxyl groups is 1. The zero-order valence-electron chi connectivity index (χ0n) is 15.7. The van der Waals surface area contributed by atoms with Crippen LogP contribution in [0.25, 0.3) is 21.8 Å². The monoisotopic (exact) mass is 357 g/mol. The first-order valence-corrected chi connectivity index (χ1v) is 9.47. The van der Waals surface area contributed by atoms with Crippen LogP contribution in [0.15, 0.2) is 54.6 Å². The van der Waals surface area contributed by atoms with Crippen LogP contribution >= 0.6 is 0 Å². The molecule has 0 saturated carbocycles. The Bertz CT molecular complexity index is 1140. The number of rotatable bonds is 5. The third-order valence-electron chi connectivity index (χ3n) is 5.43. The zero-order valence-corrected chi connectivity index (χ0v) is 15.7. The minimum Gasteiger partial charge on any atom is -0.507 e. The number of carbonyl (C=O) groups excluding carboxylic acids is 1. The van der Waals surface area contributed by atoms with Gasteiger partial charge in [-0.15, -0.1) is 0 Å². The van der Waals surface area contributed by atoms with Gasteiger partial charge in [0.1, 0.15) is 5.75 Å². The summed E-state index contributed by atoms with van der Waals surface area (Å²) >= 11 is 0. The lowest BCUT2D eigenvalue weighted by Gasteiger charge is -2.12. The SMILES string of the molecule is CCc1cc2c(c(O)c1CC)c1c(C=O)cccc1n2Cc1ccccc1. The summed E-state index contributed by atoms with van der Waals surface area (Å²) in [6.45, 7) is 4.86. The number of phenolic OH excluding ortho intramolecular Hbond substituents is 1. The Labute approximate surface area is 158 Å². The van der Waals surface area contributed by atoms with Crippen LogP contribution in [-0.4, -0.2) is 16.0 Å². The average molecular weight is 357 g/mol. The number of hydrogen-bond donors (Lipinski definition) is 1. The van der Waals surface area contributed by atoms with Gasteiger partial charge >= 0.3 is 0 Å². The number of aldehydes is 1. The molecule has 0 aliphatic rings. The van der Waals surface area contributed by atoms with Crippen LogP contribution in [0.4, 0.5) is 0 Å². The highest BCUT2D eigenvalue weighted by molar-refractivity contribution is 6.17. The molecule has 0 atom stereocenters. The molecule has 0 radical (unpaired) electrons. The first kappa shape index (κ1) is 17.3. The second-order valence-corrected chi connectivity index (χ2v) is 6.90. The van der Waals surface area contributed by atoms with Gasteiger partial charge in [-0.2, -0.15) is 0 Å². The van der Waals surface area contributed by atoms with Crippen LogP contribution in [0, 0.1) is 0 Å². The Kier molecular flexibility index (Phi) is 4.44. The number of aryl methyl sites for hydroxylation is 1. The van der Waals surface area contributed by atoms with Gasteiger partial charge in [-0.25, -0.2) is 0 Å². The molecule has 0 unspecified atom stereocenters. The zero-order chi connectivity index (χ0) is 19.0. The summed E-state index contributed by atoms with van der Waals surface area (Å²) in [6, 6.07) is 18.2. The molecule has 136 valence electrons. The highest BCUT2D eigenvalue weighted by Gasteiger charge is 2.20. The van der Waals surface area contributed by atoms with E-state index in [4.69, 9.17) is 0 Å². The molecule has 0 saturated heterocycles. The quantitative estimate of drug-likeness (QED) is 0.480. The van der Waals surface area contributed by atoms with Crippen LogP contribution < -0.4 is 0 Å². The largest absolute Gasteiger partial charge is 0.507 e. The Morgan fingerprint density at radius 3 is 2.37 bits per heavy atom. The fourth-order valence-electron chi connectivity index (χ4n) is 4.14. The second kappa shape index (κ2) is 6.92. The van der Waals surface area contributed by atoms with E-state index < -0.39 is 0 Å². The molecule has 0 amide bonds. The summed E-state index contributed by atoms with van der Waals surface area (Å²) < 4.78 is 2.21. The van der Waals surface area contributed by atoms with Crippen molar-refractivity contribution in [3.63, 3.8) is 0 Å². The summed E-state index contributed by atoms with van der Waals surface area (Å²) in [6.07, 6.45) is 2.51. The fraction of sp³-hybridized carbons (Fsp3) is 0.208. The number of carbonyl (C=O) groups is 1. The molecule has 1 heterocycles. The van der Waals surface area contributed by atoms with Gasteiger partial charge in [0, 0.05) is 17.5 Å². The van der Waals surface area contributed by atoms with Gasteiger partial charge in [-0.3, -0.25) is 4.79 Å². The predicted molar refractivity (Wildman–Crippen MR) is 111 cm³/mol. The van der Waals surface area contributed by atoms with Gasteiger partial charge in [0.25, 0.3) is 0 Å². The van der Waals surface area contributed by atoms with E-state index in [1.807, 2.05) is 36.4 Å². The fourth-order valence-corrected chi connectivity index (χ4v) is 4.14. The third kappa shape index (κ3) is 2.71. The van der Waals surface area contributed by atoms with Crippen LogP contribution in [0.3, 0.4) is 0 Å². The van der Waals surface area contributed by atoms with E-state index in [-0.39, 0.29) is 0 Å². The maximum Gasteiger partial charge on any atom is 0.150 e. The van der Waals surface area contributed by atoms with E-state index in [1.165, 1.54) is 5.56 Å². The van der Waals surface area contributed by atoms with Gasteiger partial charge in [-0.1, -0.05) is 56.3 Å². The van der Waals surface area contributed by atoms with Crippen molar-refractivity contribution < 1.29 is 9.90 Å². The molecule has 0 spiro atoms. The number of benzene rings is 3. The van der Waals surface area contributed by atoms with Crippen LogP contribution in [0.5, 0.6) is 5.75 Å². The highest BCUT2D eigenvalue weighted by Crippen LogP contribution is 2.41. The minimum atomic E-state index is 0.318. The molecule has 3 aromatic carbocycles. The maximum atomic E-state index is 11.7. The van der Waals surface area contributed by atoms with E-state index in [0.717, 1.165) is 52.1 Å². The van der Waals surface area contributed by atoms with E-state index in [1.54, 1.807) is 0 Å². The second-order valence-electron chi connectivity index (χ2n) is 6.90. The molecule has 4 rings (SSSR count). The van der Waals surface area contributed by atoms with Crippen molar-refractivity contribution in [3.05, 3.63) is 76.9 Å². The van der Waals surface area contributed by atoms with Crippen molar-refractivity contribution in [3.8, 4) is 5.75 Å². The predicted octanol–water partition coefficient (Wildman–Crippen LogP) is 5.49. The number of aromatic nitrogens is 1. The van der Waals surface area contributed by atoms with Crippen molar-refractivity contribution in [2.45, 2.75) is 33.2 Å². The number of phenols is 1. The Balaban J connectivity index is 2.14. The van der Waals surface area contributed by atoms with Gasteiger partial charge in [-0.05, 0) is 41.7 Å². The lowest BCUT2D eigenvalue weighted by atomic mass is 9.97. The van der Waals surface area contributed by atoms with E-state index in [2.05, 4.69) is 36.6 Å². The molecule has 3 heteroatoms. The van der Waals surface area contributed by atoms with Crippen molar-refractivity contribution in [2.75, 3.05) is 0 Å². The van der Waals surface area contributed by atoms with Crippen molar-refractivity contribution in [2.24, 2.45) is 0 Å². The van der Waals surface area contributed by atoms with Gasteiger partial charge in [0.05, 0.1) is 16.4 Å². The third-order valence-corrected chi connectivity index (χ3v) is 5.43. The summed E-state index contributed by atoms with van der Waals surface area (Å²) in [4.78, 5) is 11.7. The normalized spacial score (nSPS) is 11.3. The number of nitrogens with zero attached hydrogens (tertiary/aromatic N) is 1. The summed E-state index contributed by atoms with van der Waals surface area (Å²) in [5.74, 6) is 0.318. The smallest absolute Gasteiger partial charge is 0.150 e. The summed E-state index contributed by atoms with van der Waals surface area (Å²) in [5, 5.41) is 12.8. The summed E-state index contributed by atoms with van der Waals surface area (Å²) in [5.41, 5.74) is 5.89. The minimum absolute atomic E-state index is 0.318. The molecule has 1 N–H and O–H groups in total. The Morgan fingerprint density at radius 1 is 0.926 bits per heavy atom. The lowest BCUT2D eigenvalue weighted by Crippen LogP contribution is -2.00. The van der Waals surface area contributed by atoms with Crippen molar-refractivity contribution in [1.29, 1.82) is 0 Å². The Morgan fingerprint density at radius 2 is 1.70 bits per heavy atom. The lowest BCUT2D eigenvalue weighted by molar-refractivity contribution is 0.112. The van der Waals surface area contributed by atoms with Crippen molar-refractivity contribution in [1.82, 2.24) is 4.57 Å². The average Bonchev–Trinajstić information content (AvgIpc) is 3.02. The van der Waals surface area contributed by atoms with Gasteiger partial charge in [0.15, 0.2) is 6.29 Å². The summed E-state index contributed by atoms with van der Waals surface area (Å²) in [7, 11) is 0. The van der Waals surface area contributed by atoms with Crippen LogP contribution in [0.1, 0.15) is 40.9 Å². The molecule has 0 fully saturated rings. The number of hydrogen-bond acceptors (Lipinski definition) is 2. The first-order chi connectivity index (χ1) is 13.2. The maximum absolute atomic E-state index is 11.7. The molecule has 0 aliphatic carbocycles. The first-order valence-electron chi connectivity index (χ1n) is 9.47. The molecule has 4 aromatic rings. The Hall–Kier alpha value is -3.07. The van der Waals surface area contributed by atoms with Gasteiger partial charge < -0.3 is 9.67 Å². The highest BCUT2D eigenvalue weighted by atomic mass is 16.3. The number of fused-ring (bicyclic) bond motifs is 3. The molecular formula is C24H23NO2. The molecule has 0 aliphatic heterocycles. The van der Waals surface area contributed by atoms with Crippen LogP contribution in [-0.2, 0) is 19.4 Å². The van der Waals surface area contributed by atoms with Crippen LogP contribution in [0.2, 0.25) is 0 Å². The van der Waals surface area contributed by atoms with Crippen molar-refractivity contribution >= 4 is 28.1 Å². The topological polar surface area (TPSA) is 42.2 Å². The van der Waals surface area contributed by atoms with Gasteiger partial charge in [0.2, 0.25) is 0 Å². The molecular weight excluding hydrogens is 334 g/mol. The standard InChI is InChI=1S/C24H23NO2/c1-3-17-13-21-23(24(27)19(17)4-2)22-18(15-26)11-8-12-20(22)25(21)14-16-9-6-5-7-10-16/h5-13,15,27H,3-4,14H2,1-2H3. The van der Waals surface area contributed by atoms with E-state index in [0.29, 0.717) is 17.9 Å². The van der Waals surface area contributed by atoms with E-state index in [9.17, 15) is 9.90 Å². The molecule has 1 aromatic heterocycles.